The number of thiophene rings is 1. The van der Waals surface area contributed by atoms with E-state index in [2.05, 4.69) is 44.8 Å². The lowest BCUT2D eigenvalue weighted by molar-refractivity contribution is 0.692. The molecule has 7 heteroatoms. The van der Waals surface area contributed by atoms with Crippen molar-refractivity contribution < 1.29 is 0 Å². The second-order valence-corrected chi connectivity index (χ2v) is 6.58. The maximum Gasteiger partial charge on any atom is 0.142 e. The van der Waals surface area contributed by atoms with Gasteiger partial charge in [0.1, 0.15) is 16.5 Å². The van der Waals surface area contributed by atoms with Crippen LogP contribution in [-0.4, -0.2) is 26.3 Å². The van der Waals surface area contributed by atoms with Crippen molar-refractivity contribution in [3.8, 4) is 0 Å². The third-order valence-electron chi connectivity index (χ3n) is 3.02. The van der Waals surface area contributed by atoms with Crippen LogP contribution < -0.4 is 5.32 Å². The number of nitrogens with one attached hydrogen (secondary N) is 1. The molecule has 0 fully saturated rings. The topological polar surface area (TPSA) is 55.6 Å². The van der Waals surface area contributed by atoms with Crippen molar-refractivity contribution in [1.82, 2.24) is 19.7 Å². The maximum atomic E-state index is 4.65. The Hall–Kier alpha value is -1.60. The molecule has 110 valence electrons. The van der Waals surface area contributed by atoms with Gasteiger partial charge >= 0.3 is 0 Å². The summed E-state index contributed by atoms with van der Waals surface area (Å²) in [5.41, 5.74) is 1.03. The summed E-state index contributed by atoms with van der Waals surface area (Å²) in [5.74, 6) is 2.52. The van der Waals surface area contributed by atoms with E-state index < -0.39 is 0 Å². The molecule has 5 nitrogen and oxygen atoms in total. The van der Waals surface area contributed by atoms with Gasteiger partial charge in [-0.2, -0.15) is 5.10 Å². The van der Waals surface area contributed by atoms with Gasteiger partial charge in [-0.15, -0.1) is 11.3 Å². The molecule has 3 aromatic heterocycles. The van der Waals surface area contributed by atoms with Crippen LogP contribution >= 0.6 is 23.1 Å². The standard InChI is InChI=1S/C14H17N5S2/c1-4-15-13-10-5-6-20-14(10)17-11(16-13)8-21-12-7-9(2)18-19(12)3/h5-7H,4,8H2,1-3H3,(H,15,16,17). The SMILES string of the molecule is CCNc1nc(CSc2cc(C)nn2C)nc2sccc12. The first-order valence-electron chi connectivity index (χ1n) is 6.79. The summed E-state index contributed by atoms with van der Waals surface area (Å²) < 4.78 is 1.90. The van der Waals surface area contributed by atoms with Gasteiger partial charge in [0.05, 0.1) is 21.9 Å². The fourth-order valence-corrected chi connectivity index (χ4v) is 3.80. The van der Waals surface area contributed by atoms with Gasteiger partial charge in [0.25, 0.3) is 0 Å². The van der Waals surface area contributed by atoms with Crippen LogP contribution in [0.25, 0.3) is 10.2 Å². The van der Waals surface area contributed by atoms with E-state index in [-0.39, 0.29) is 0 Å². The van der Waals surface area contributed by atoms with Gasteiger partial charge in [0.15, 0.2) is 0 Å². The molecule has 0 saturated carbocycles. The zero-order chi connectivity index (χ0) is 14.8. The molecule has 0 saturated heterocycles. The van der Waals surface area contributed by atoms with Gasteiger partial charge < -0.3 is 5.32 Å². The minimum absolute atomic E-state index is 0.741. The highest BCUT2D eigenvalue weighted by atomic mass is 32.2. The van der Waals surface area contributed by atoms with Gasteiger partial charge in [-0.05, 0) is 31.4 Å². The Bertz CT molecular complexity index is 762. The fraction of sp³-hybridized carbons (Fsp3) is 0.357. The highest BCUT2D eigenvalue weighted by Gasteiger charge is 2.10. The zero-order valence-corrected chi connectivity index (χ0v) is 13.9. The van der Waals surface area contributed by atoms with Crippen molar-refractivity contribution in [2.24, 2.45) is 7.05 Å². The predicted molar refractivity (Wildman–Crippen MR) is 89.1 cm³/mol. The summed E-state index contributed by atoms with van der Waals surface area (Å²) in [4.78, 5) is 10.3. The highest BCUT2D eigenvalue weighted by molar-refractivity contribution is 7.98. The molecule has 0 aromatic carbocycles. The molecule has 0 spiro atoms. The minimum Gasteiger partial charge on any atom is -0.370 e. The molecule has 0 atom stereocenters. The van der Waals surface area contributed by atoms with E-state index in [9.17, 15) is 0 Å². The van der Waals surface area contributed by atoms with Crippen molar-refractivity contribution in [3.63, 3.8) is 0 Å². The zero-order valence-electron chi connectivity index (χ0n) is 12.3. The summed E-state index contributed by atoms with van der Waals surface area (Å²) in [7, 11) is 1.96. The number of thioether (sulfide) groups is 1. The molecule has 0 aliphatic carbocycles. The highest BCUT2D eigenvalue weighted by Crippen LogP contribution is 2.27. The maximum absolute atomic E-state index is 4.65. The minimum atomic E-state index is 0.741. The lowest BCUT2D eigenvalue weighted by Gasteiger charge is -2.07. The lowest BCUT2D eigenvalue weighted by Crippen LogP contribution is -2.03. The third kappa shape index (κ3) is 3.03. The average molecular weight is 319 g/mol. The van der Waals surface area contributed by atoms with Crippen LogP contribution in [-0.2, 0) is 12.8 Å². The molecular weight excluding hydrogens is 302 g/mol. The molecule has 3 rings (SSSR count). The van der Waals surface area contributed by atoms with E-state index in [1.54, 1.807) is 23.1 Å². The first-order chi connectivity index (χ1) is 10.2. The van der Waals surface area contributed by atoms with Gasteiger partial charge in [-0.25, -0.2) is 9.97 Å². The Morgan fingerprint density at radius 1 is 1.38 bits per heavy atom. The molecule has 0 aliphatic rings. The van der Waals surface area contributed by atoms with Crippen molar-refractivity contribution in [1.29, 1.82) is 0 Å². The number of aryl methyl sites for hydroxylation is 2. The molecule has 0 amide bonds. The molecule has 0 aliphatic heterocycles. The Labute approximate surface area is 131 Å². The van der Waals surface area contributed by atoms with Gasteiger partial charge in [0.2, 0.25) is 0 Å². The first kappa shape index (κ1) is 14.3. The number of nitrogens with zero attached hydrogens (tertiary/aromatic N) is 4. The average Bonchev–Trinajstić information content (AvgIpc) is 3.03. The molecule has 0 radical (unpaired) electrons. The molecular formula is C14H17N5S2. The first-order valence-corrected chi connectivity index (χ1v) is 8.65. The van der Waals surface area contributed by atoms with Crippen LogP contribution in [0.1, 0.15) is 18.4 Å². The van der Waals surface area contributed by atoms with Crippen molar-refractivity contribution in [3.05, 3.63) is 29.0 Å². The summed E-state index contributed by atoms with van der Waals surface area (Å²) in [6, 6.07) is 4.15. The summed E-state index contributed by atoms with van der Waals surface area (Å²) in [5, 5.41) is 12.0. The van der Waals surface area contributed by atoms with Gasteiger partial charge in [-0.3, -0.25) is 4.68 Å². The number of rotatable bonds is 5. The molecule has 3 aromatic rings. The van der Waals surface area contributed by atoms with Gasteiger partial charge in [0, 0.05) is 13.6 Å². The van der Waals surface area contributed by atoms with Crippen LogP contribution in [0.3, 0.4) is 0 Å². The predicted octanol–water partition coefficient (Wildman–Crippen LogP) is 3.46. The summed E-state index contributed by atoms with van der Waals surface area (Å²) in [6.07, 6.45) is 0. The molecule has 21 heavy (non-hydrogen) atoms. The van der Waals surface area contributed by atoms with E-state index in [0.717, 1.165) is 44.9 Å². The normalized spacial score (nSPS) is 11.2. The van der Waals surface area contributed by atoms with E-state index in [1.807, 2.05) is 18.7 Å². The largest absolute Gasteiger partial charge is 0.370 e. The molecule has 0 unspecified atom stereocenters. The lowest BCUT2D eigenvalue weighted by atomic mass is 10.3. The Balaban J connectivity index is 1.84. The summed E-state index contributed by atoms with van der Waals surface area (Å²) >= 11 is 3.36. The number of anilines is 1. The van der Waals surface area contributed by atoms with E-state index >= 15 is 0 Å². The van der Waals surface area contributed by atoms with Crippen LogP contribution in [0.15, 0.2) is 22.5 Å². The van der Waals surface area contributed by atoms with E-state index in [1.165, 1.54) is 0 Å². The van der Waals surface area contributed by atoms with Crippen LogP contribution in [0, 0.1) is 6.92 Å². The van der Waals surface area contributed by atoms with Crippen molar-refractivity contribution in [2.45, 2.75) is 24.6 Å². The molecule has 0 bridgehead atoms. The van der Waals surface area contributed by atoms with Crippen LogP contribution in [0.5, 0.6) is 0 Å². The second kappa shape index (κ2) is 6.03. The molecule has 3 heterocycles. The summed E-state index contributed by atoms with van der Waals surface area (Å²) in [6.45, 7) is 4.93. The third-order valence-corrected chi connectivity index (χ3v) is 4.91. The number of hydrogen-bond acceptors (Lipinski definition) is 6. The van der Waals surface area contributed by atoms with Crippen LogP contribution in [0.2, 0.25) is 0 Å². The monoisotopic (exact) mass is 319 g/mol. The Kier molecular flexibility index (Phi) is 4.12. The van der Waals surface area contributed by atoms with Crippen LogP contribution in [0.4, 0.5) is 5.82 Å². The smallest absolute Gasteiger partial charge is 0.142 e. The Morgan fingerprint density at radius 2 is 2.24 bits per heavy atom. The van der Waals surface area contributed by atoms with Gasteiger partial charge in [-0.1, -0.05) is 11.8 Å². The number of fused-ring (bicyclic) bond motifs is 1. The number of hydrogen-bond donors (Lipinski definition) is 1. The van der Waals surface area contributed by atoms with Crippen molar-refractivity contribution in [2.75, 3.05) is 11.9 Å². The second-order valence-electron chi connectivity index (χ2n) is 4.69. The van der Waals surface area contributed by atoms with E-state index in [0.29, 0.717) is 0 Å². The number of aromatic nitrogens is 4. The Morgan fingerprint density at radius 3 is 2.95 bits per heavy atom. The fourth-order valence-electron chi connectivity index (χ4n) is 2.13. The van der Waals surface area contributed by atoms with E-state index in [4.69, 9.17) is 0 Å². The quantitative estimate of drug-likeness (QED) is 0.730. The molecule has 1 N–H and O–H groups in total. The van der Waals surface area contributed by atoms with Crippen molar-refractivity contribution >= 4 is 39.1 Å².